The summed E-state index contributed by atoms with van der Waals surface area (Å²) in [4.78, 5) is 0. The highest BCUT2D eigenvalue weighted by molar-refractivity contribution is 5.23. The van der Waals surface area contributed by atoms with Gasteiger partial charge in [-0.2, -0.15) is 0 Å². The molecule has 2 heteroatoms. The van der Waals surface area contributed by atoms with Gasteiger partial charge in [0.25, 0.3) is 0 Å². The third-order valence-corrected chi connectivity index (χ3v) is 5.90. The van der Waals surface area contributed by atoms with Crippen molar-refractivity contribution in [2.24, 2.45) is 35.5 Å². The molecule has 1 heterocycles. The number of hydrogen-bond donors (Lipinski definition) is 1. The molecule has 4 saturated carbocycles. The topological polar surface area (TPSA) is 29.5 Å². The van der Waals surface area contributed by atoms with Gasteiger partial charge in [-0.15, -0.1) is 0 Å². The Kier molecular flexibility index (Phi) is 0.733. The molecule has 5 fully saturated rings. The maximum absolute atomic E-state index is 10.4. The van der Waals surface area contributed by atoms with E-state index >= 15 is 0 Å². The van der Waals surface area contributed by atoms with Crippen molar-refractivity contribution in [2.75, 3.05) is 0 Å². The summed E-state index contributed by atoms with van der Waals surface area (Å²) < 4.78 is 5.87. The molecule has 1 saturated heterocycles. The molecule has 1 N–H and O–H groups in total. The first-order valence-electron chi connectivity index (χ1n) is 5.68. The Balaban J connectivity index is 1.86. The fourth-order valence-electron chi connectivity index (χ4n) is 5.92. The standard InChI is InChI=1S/C11H14O2/c12-11-3-7-4-2-8(13-11)9-5(4)1-6(7)10(9)11/h4-10,12H,1-3H2. The summed E-state index contributed by atoms with van der Waals surface area (Å²) >= 11 is 0. The molecule has 2 bridgehead atoms. The number of aliphatic hydroxyl groups is 1. The fourth-order valence-corrected chi connectivity index (χ4v) is 5.92. The molecular formula is C11H14O2. The summed E-state index contributed by atoms with van der Waals surface area (Å²) in [6.45, 7) is 0. The van der Waals surface area contributed by atoms with E-state index in [1.54, 1.807) is 0 Å². The van der Waals surface area contributed by atoms with Crippen molar-refractivity contribution in [2.45, 2.75) is 31.2 Å². The van der Waals surface area contributed by atoms with Crippen LogP contribution in [0, 0.1) is 35.5 Å². The summed E-state index contributed by atoms with van der Waals surface area (Å²) in [7, 11) is 0. The van der Waals surface area contributed by atoms with Gasteiger partial charge in [0, 0.05) is 12.3 Å². The maximum Gasteiger partial charge on any atom is 0.169 e. The summed E-state index contributed by atoms with van der Waals surface area (Å²) in [5, 5.41) is 10.4. The van der Waals surface area contributed by atoms with Crippen LogP contribution in [0.5, 0.6) is 0 Å². The Labute approximate surface area is 77.3 Å². The first-order chi connectivity index (χ1) is 6.28. The van der Waals surface area contributed by atoms with Crippen LogP contribution in [0.2, 0.25) is 0 Å². The van der Waals surface area contributed by atoms with E-state index in [1.807, 2.05) is 0 Å². The van der Waals surface area contributed by atoms with E-state index in [9.17, 15) is 5.11 Å². The van der Waals surface area contributed by atoms with Gasteiger partial charge in [0.1, 0.15) is 0 Å². The molecule has 5 rings (SSSR count). The summed E-state index contributed by atoms with van der Waals surface area (Å²) in [6.07, 6.45) is 4.11. The first kappa shape index (κ1) is 6.41. The van der Waals surface area contributed by atoms with E-state index in [0.717, 1.165) is 36.0 Å². The van der Waals surface area contributed by atoms with Gasteiger partial charge in [-0.25, -0.2) is 0 Å². The lowest BCUT2D eigenvalue weighted by molar-refractivity contribution is -0.201. The molecular weight excluding hydrogens is 164 g/mol. The molecule has 2 nitrogen and oxygen atoms in total. The van der Waals surface area contributed by atoms with Crippen LogP contribution in [0.4, 0.5) is 0 Å². The molecule has 0 radical (unpaired) electrons. The van der Waals surface area contributed by atoms with Crippen LogP contribution in [0.15, 0.2) is 0 Å². The fraction of sp³-hybridized carbons (Fsp3) is 1.00. The molecule has 70 valence electrons. The van der Waals surface area contributed by atoms with Crippen molar-refractivity contribution in [1.82, 2.24) is 0 Å². The van der Waals surface area contributed by atoms with Gasteiger partial charge in [0.2, 0.25) is 0 Å². The lowest BCUT2D eigenvalue weighted by Gasteiger charge is -2.25. The highest BCUT2D eigenvalue weighted by Crippen LogP contribution is 2.77. The van der Waals surface area contributed by atoms with Crippen molar-refractivity contribution in [3.8, 4) is 0 Å². The van der Waals surface area contributed by atoms with Crippen LogP contribution in [-0.4, -0.2) is 17.0 Å². The monoisotopic (exact) mass is 178 g/mol. The molecule has 13 heavy (non-hydrogen) atoms. The Morgan fingerprint density at radius 1 is 1.08 bits per heavy atom. The van der Waals surface area contributed by atoms with Gasteiger partial charge >= 0.3 is 0 Å². The van der Waals surface area contributed by atoms with Crippen LogP contribution in [0.25, 0.3) is 0 Å². The van der Waals surface area contributed by atoms with Crippen molar-refractivity contribution in [3.05, 3.63) is 0 Å². The van der Waals surface area contributed by atoms with E-state index in [2.05, 4.69) is 0 Å². The zero-order chi connectivity index (χ0) is 8.37. The van der Waals surface area contributed by atoms with E-state index in [0.29, 0.717) is 12.0 Å². The molecule has 0 spiro atoms. The Morgan fingerprint density at radius 3 is 2.92 bits per heavy atom. The third kappa shape index (κ3) is 0.435. The summed E-state index contributed by atoms with van der Waals surface area (Å²) in [5.74, 6) is 4.21. The molecule has 1 aliphatic heterocycles. The van der Waals surface area contributed by atoms with Crippen LogP contribution < -0.4 is 0 Å². The minimum Gasteiger partial charge on any atom is -0.365 e. The normalized spacial score (nSPS) is 80.5. The van der Waals surface area contributed by atoms with E-state index in [1.165, 1.54) is 12.8 Å². The van der Waals surface area contributed by atoms with Crippen molar-refractivity contribution in [3.63, 3.8) is 0 Å². The van der Waals surface area contributed by atoms with Crippen LogP contribution in [-0.2, 0) is 4.74 Å². The second kappa shape index (κ2) is 1.49. The number of ether oxygens (including phenoxy) is 1. The van der Waals surface area contributed by atoms with Crippen molar-refractivity contribution in [1.29, 1.82) is 0 Å². The average molecular weight is 178 g/mol. The van der Waals surface area contributed by atoms with E-state index in [4.69, 9.17) is 4.74 Å². The van der Waals surface area contributed by atoms with E-state index in [-0.39, 0.29) is 0 Å². The molecule has 0 aromatic carbocycles. The number of rotatable bonds is 0. The molecule has 8 unspecified atom stereocenters. The molecule has 0 amide bonds. The second-order valence-electron chi connectivity index (χ2n) is 5.94. The predicted molar refractivity (Wildman–Crippen MR) is 44.6 cm³/mol. The van der Waals surface area contributed by atoms with Gasteiger partial charge in [-0.05, 0) is 42.4 Å². The quantitative estimate of drug-likeness (QED) is 0.599. The van der Waals surface area contributed by atoms with Gasteiger partial charge in [0.05, 0.1) is 6.10 Å². The molecule has 5 aliphatic rings. The average Bonchev–Trinajstić information content (AvgIpc) is 2.66. The van der Waals surface area contributed by atoms with Crippen molar-refractivity contribution >= 4 is 0 Å². The van der Waals surface area contributed by atoms with Crippen LogP contribution >= 0.6 is 0 Å². The third-order valence-electron chi connectivity index (χ3n) is 5.90. The van der Waals surface area contributed by atoms with E-state index < -0.39 is 5.79 Å². The highest BCUT2D eigenvalue weighted by Gasteiger charge is 2.78. The molecule has 0 aromatic rings. The van der Waals surface area contributed by atoms with Gasteiger partial charge in [0.15, 0.2) is 5.79 Å². The molecule has 8 atom stereocenters. The lowest BCUT2D eigenvalue weighted by Crippen LogP contribution is -2.32. The van der Waals surface area contributed by atoms with Gasteiger partial charge in [-0.3, -0.25) is 0 Å². The zero-order valence-corrected chi connectivity index (χ0v) is 7.52. The smallest absolute Gasteiger partial charge is 0.169 e. The maximum atomic E-state index is 10.4. The Morgan fingerprint density at radius 2 is 2.00 bits per heavy atom. The molecule has 4 aliphatic carbocycles. The minimum atomic E-state index is -0.662. The van der Waals surface area contributed by atoms with Crippen LogP contribution in [0.1, 0.15) is 19.3 Å². The Hall–Kier alpha value is -0.0800. The lowest BCUT2D eigenvalue weighted by atomic mass is 9.79. The highest BCUT2D eigenvalue weighted by atomic mass is 16.6. The summed E-state index contributed by atoms with van der Waals surface area (Å²) in [5.41, 5.74) is 0. The number of fused-ring (bicyclic) bond motifs is 1. The van der Waals surface area contributed by atoms with Gasteiger partial charge < -0.3 is 9.84 Å². The molecule has 0 aromatic heterocycles. The number of hydrogen-bond acceptors (Lipinski definition) is 2. The van der Waals surface area contributed by atoms with Gasteiger partial charge in [-0.1, -0.05) is 0 Å². The Bertz CT molecular complexity index is 315. The second-order valence-corrected chi connectivity index (χ2v) is 5.94. The zero-order valence-electron chi connectivity index (χ0n) is 7.52. The summed E-state index contributed by atoms with van der Waals surface area (Å²) in [6, 6.07) is 0. The first-order valence-corrected chi connectivity index (χ1v) is 5.68. The predicted octanol–water partition coefficient (Wildman–Crippen LogP) is 0.996. The SMILES string of the molecule is OC12CC3C4CC(O1)C1C4CC3C12. The van der Waals surface area contributed by atoms with Crippen LogP contribution in [0.3, 0.4) is 0 Å². The minimum absolute atomic E-state index is 0.447. The van der Waals surface area contributed by atoms with Crippen molar-refractivity contribution < 1.29 is 9.84 Å². The largest absolute Gasteiger partial charge is 0.365 e.